The van der Waals surface area contributed by atoms with Gasteiger partial charge in [-0.15, -0.1) is 0 Å². The minimum atomic E-state index is -0.0920. The standard InChI is InChI=1S/C23H44O5/c1-5-9-14-20(7-3)22(24)27-17-13-11-12-16-26-18-19-28-23(25)21(8-4)15-10-6-2/h20-21H,5-19H2,1-4H3/t20-,21+/m1/s1. The van der Waals surface area contributed by atoms with E-state index in [1.54, 1.807) is 0 Å². The smallest absolute Gasteiger partial charge is 0.308 e. The summed E-state index contributed by atoms with van der Waals surface area (Å²) in [7, 11) is 0. The third-order valence-electron chi connectivity index (χ3n) is 5.11. The van der Waals surface area contributed by atoms with Crippen LogP contribution >= 0.6 is 0 Å². The summed E-state index contributed by atoms with van der Waals surface area (Å²) < 4.78 is 16.2. The second-order valence-corrected chi connectivity index (χ2v) is 7.50. The Morgan fingerprint density at radius 1 is 0.607 bits per heavy atom. The van der Waals surface area contributed by atoms with Crippen LogP contribution in [0.4, 0.5) is 0 Å². The third kappa shape index (κ3) is 14.0. The van der Waals surface area contributed by atoms with Crippen molar-refractivity contribution in [2.45, 2.75) is 98.3 Å². The van der Waals surface area contributed by atoms with Gasteiger partial charge in [-0.3, -0.25) is 9.59 Å². The third-order valence-corrected chi connectivity index (χ3v) is 5.11. The van der Waals surface area contributed by atoms with Crippen molar-refractivity contribution in [3.63, 3.8) is 0 Å². The number of rotatable bonds is 19. The molecule has 0 amide bonds. The zero-order valence-corrected chi connectivity index (χ0v) is 18.8. The molecule has 0 aliphatic rings. The Morgan fingerprint density at radius 2 is 1.11 bits per heavy atom. The topological polar surface area (TPSA) is 61.8 Å². The lowest BCUT2D eigenvalue weighted by atomic mass is 10.00. The average molecular weight is 401 g/mol. The van der Waals surface area contributed by atoms with Crippen molar-refractivity contribution < 1.29 is 23.8 Å². The number of carbonyl (C=O) groups is 2. The van der Waals surface area contributed by atoms with E-state index in [4.69, 9.17) is 14.2 Å². The molecule has 0 aliphatic heterocycles. The zero-order chi connectivity index (χ0) is 21.0. The molecule has 0 radical (unpaired) electrons. The van der Waals surface area contributed by atoms with E-state index in [2.05, 4.69) is 13.8 Å². The van der Waals surface area contributed by atoms with Crippen LogP contribution in [0.2, 0.25) is 0 Å². The summed E-state index contributed by atoms with van der Waals surface area (Å²) in [6.07, 6.45) is 10.7. The quantitative estimate of drug-likeness (QED) is 0.206. The Hall–Kier alpha value is -1.10. The van der Waals surface area contributed by atoms with Gasteiger partial charge in [0.15, 0.2) is 0 Å². The van der Waals surface area contributed by atoms with Gasteiger partial charge in [0.05, 0.1) is 25.0 Å². The highest BCUT2D eigenvalue weighted by atomic mass is 16.6. The van der Waals surface area contributed by atoms with Gasteiger partial charge in [-0.2, -0.15) is 0 Å². The fraction of sp³-hybridized carbons (Fsp3) is 0.913. The van der Waals surface area contributed by atoms with Crippen molar-refractivity contribution in [2.75, 3.05) is 26.4 Å². The van der Waals surface area contributed by atoms with E-state index in [9.17, 15) is 9.59 Å². The number of carbonyl (C=O) groups excluding carboxylic acids is 2. The Kier molecular flexibility index (Phi) is 18.5. The molecule has 0 fully saturated rings. The van der Waals surface area contributed by atoms with Gasteiger partial charge >= 0.3 is 11.9 Å². The van der Waals surface area contributed by atoms with Gasteiger partial charge < -0.3 is 14.2 Å². The molecule has 0 saturated heterocycles. The highest BCUT2D eigenvalue weighted by Gasteiger charge is 2.17. The van der Waals surface area contributed by atoms with Gasteiger partial charge in [-0.05, 0) is 44.9 Å². The fourth-order valence-corrected chi connectivity index (χ4v) is 3.07. The number of ether oxygens (including phenoxy) is 3. The molecule has 28 heavy (non-hydrogen) atoms. The molecule has 5 nitrogen and oxygen atoms in total. The lowest BCUT2D eigenvalue weighted by Crippen LogP contribution is -2.19. The molecule has 0 N–H and O–H groups in total. The molecule has 0 aromatic carbocycles. The number of hydrogen-bond acceptors (Lipinski definition) is 5. The van der Waals surface area contributed by atoms with E-state index in [0.29, 0.717) is 26.4 Å². The number of hydrogen-bond donors (Lipinski definition) is 0. The molecule has 0 bridgehead atoms. The van der Waals surface area contributed by atoms with E-state index in [0.717, 1.165) is 70.6 Å². The van der Waals surface area contributed by atoms with Crippen LogP contribution in [0.5, 0.6) is 0 Å². The molecule has 0 spiro atoms. The number of esters is 2. The van der Waals surface area contributed by atoms with Crippen molar-refractivity contribution in [1.82, 2.24) is 0 Å². The molecule has 0 rings (SSSR count). The zero-order valence-electron chi connectivity index (χ0n) is 18.8. The minimum Gasteiger partial charge on any atom is -0.465 e. The second-order valence-electron chi connectivity index (χ2n) is 7.50. The summed E-state index contributed by atoms with van der Waals surface area (Å²) in [5.74, 6) is -0.0544. The normalized spacial score (nSPS) is 13.1. The predicted octanol–water partition coefficient (Wildman–Crippen LogP) is 5.69. The molecule has 0 aromatic rings. The first-order chi connectivity index (χ1) is 13.6. The Bertz CT molecular complexity index is 347. The lowest BCUT2D eigenvalue weighted by molar-refractivity contribution is -0.151. The highest BCUT2D eigenvalue weighted by Crippen LogP contribution is 2.15. The van der Waals surface area contributed by atoms with Gasteiger partial charge in [0.25, 0.3) is 0 Å². The summed E-state index contributed by atoms with van der Waals surface area (Å²) in [5.41, 5.74) is 0. The van der Waals surface area contributed by atoms with E-state index in [-0.39, 0.29) is 23.8 Å². The maximum Gasteiger partial charge on any atom is 0.308 e. The van der Waals surface area contributed by atoms with E-state index >= 15 is 0 Å². The van der Waals surface area contributed by atoms with Gasteiger partial charge in [-0.25, -0.2) is 0 Å². The Balaban J connectivity index is 3.57. The fourth-order valence-electron chi connectivity index (χ4n) is 3.07. The van der Waals surface area contributed by atoms with Crippen LogP contribution in [0.1, 0.15) is 98.3 Å². The summed E-state index contributed by atoms with van der Waals surface area (Å²) in [5, 5.41) is 0. The second kappa shape index (κ2) is 19.2. The molecule has 0 unspecified atom stereocenters. The van der Waals surface area contributed by atoms with Gasteiger partial charge in [0.1, 0.15) is 6.61 Å². The molecular weight excluding hydrogens is 356 g/mol. The van der Waals surface area contributed by atoms with Crippen LogP contribution in [-0.2, 0) is 23.8 Å². The Morgan fingerprint density at radius 3 is 1.61 bits per heavy atom. The van der Waals surface area contributed by atoms with Crippen molar-refractivity contribution >= 4 is 11.9 Å². The monoisotopic (exact) mass is 400 g/mol. The first-order valence-electron chi connectivity index (χ1n) is 11.5. The van der Waals surface area contributed by atoms with E-state index in [1.807, 2.05) is 13.8 Å². The summed E-state index contributed by atoms with van der Waals surface area (Å²) in [6.45, 7) is 10.3. The van der Waals surface area contributed by atoms with Crippen LogP contribution in [0, 0.1) is 11.8 Å². The SMILES string of the molecule is CCCC[C@@H](CC)C(=O)OCCCCCOCCOC(=O)[C@@H](CC)CCCC. The van der Waals surface area contributed by atoms with Crippen molar-refractivity contribution in [1.29, 1.82) is 0 Å². The molecule has 0 aromatic heterocycles. The predicted molar refractivity (Wildman–Crippen MR) is 113 cm³/mol. The van der Waals surface area contributed by atoms with E-state index < -0.39 is 0 Å². The maximum atomic E-state index is 12.0. The minimum absolute atomic E-state index is 0.0249. The largest absolute Gasteiger partial charge is 0.465 e. The van der Waals surface area contributed by atoms with Gasteiger partial charge in [-0.1, -0.05) is 53.4 Å². The van der Waals surface area contributed by atoms with E-state index in [1.165, 1.54) is 0 Å². The van der Waals surface area contributed by atoms with Crippen LogP contribution in [0.15, 0.2) is 0 Å². The van der Waals surface area contributed by atoms with Crippen molar-refractivity contribution in [2.24, 2.45) is 11.8 Å². The first kappa shape index (κ1) is 26.9. The molecular formula is C23H44O5. The lowest BCUT2D eigenvalue weighted by Gasteiger charge is -2.14. The first-order valence-corrected chi connectivity index (χ1v) is 11.5. The van der Waals surface area contributed by atoms with Crippen molar-refractivity contribution in [3.05, 3.63) is 0 Å². The molecule has 0 aliphatic carbocycles. The summed E-state index contributed by atoms with van der Waals surface area (Å²) in [4.78, 5) is 23.9. The van der Waals surface area contributed by atoms with Crippen LogP contribution in [0.3, 0.4) is 0 Å². The summed E-state index contributed by atoms with van der Waals surface area (Å²) >= 11 is 0. The van der Waals surface area contributed by atoms with Crippen molar-refractivity contribution in [3.8, 4) is 0 Å². The van der Waals surface area contributed by atoms with Crippen LogP contribution in [-0.4, -0.2) is 38.4 Å². The number of unbranched alkanes of at least 4 members (excludes halogenated alkanes) is 4. The molecule has 5 heteroatoms. The molecule has 0 saturated carbocycles. The van der Waals surface area contributed by atoms with Crippen LogP contribution in [0.25, 0.3) is 0 Å². The Labute approximate surface area is 172 Å². The van der Waals surface area contributed by atoms with Gasteiger partial charge in [0, 0.05) is 6.61 Å². The summed E-state index contributed by atoms with van der Waals surface area (Å²) in [6, 6.07) is 0. The van der Waals surface area contributed by atoms with Crippen LogP contribution < -0.4 is 0 Å². The average Bonchev–Trinajstić information content (AvgIpc) is 2.70. The highest BCUT2D eigenvalue weighted by molar-refractivity contribution is 5.72. The molecule has 2 atom stereocenters. The molecule has 166 valence electrons. The molecule has 0 heterocycles. The maximum absolute atomic E-state index is 12.0. The van der Waals surface area contributed by atoms with Gasteiger partial charge in [0.2, 0.25) is 0 Å².